The summed E-state index contributed by atoms with van der Waals surface area (Å²) in [5.41, 5.74) is 5.92. The lowest BCUT2D eigenvalue weighted by molar-refractivity contribution is -0.126. The average molecular weight is 384 g/mol. The van der Waals surface area contributed by atoms with Gasteiger partial charge in [-0.25, -0.2) is 0 Å². The lowest BCUT2D eigenvalue weighted by atomic mass is 9.95. The van der Waals surface area contributed by atoms with Gasteiger partial charge in [0.1, 0.15) is 0 Å². The quantitative estimate of drug-likeness (QED) is 0.417. The molecule has 0 heterocycles. The van der Waals surface area contributed by atoms with E-state index in [9.17, 15) is 4.79 Å². The largest absolute Gasteiger partial charge is 0.296 e. The number of rotatable bonds is 7. The Morgan fingerprint density at radius 1 is 1.07 bits per heavy atom. The minimum atomic E-state index is -0.391. The molecule has 0 atom stereocenters. The smallest absolute Gasteiger partial charge is 0.235 e. The zero-order valence-electron chi connectivity index (χ0n) is 17.6. The van der Waals surface area contributed by atoms with E-state index in [0.29, 0.717) is 0 Å². The number of carbonyl (C=O) groups excluding carboxylic acids is 1. The van der Waals surface area contributed by atoms with E-state index in [-0.39, 0.29) is 5.91 Å². The number of benzene rings is 2. The summed E-state index contributed by atoms with van der Waals surface area (Å²) in [4.78, 5) is 13.6. The lowest BCUT2D eigenvalue weighted by Gasteiger charge is -2.20. The molecule has 2 aromatic rings. The van der Waals surface area contributed by atoms with Crippen molar-refractivity contribution in [2.24, 2.45) is 5.41 Å². The van der Waals surface area contributed by atoms with Crippen molar-refractivity contribution < 1.29 is 4.79 Å². The van der Waals surface area contributed by atoms with Crippen LogP contribution in [-0.2, 0) is 11.2 Å². The van der Waals surface area contributed by atoms with Crippen molar-refractivity contribution in [2.75, 3.05) is 0 Å². The average Bonchev–Trinajstić information content (AvgIpc) is 2.60. The molecular formula is C24H33NOS. The van der Waals surface area contributed by atoms with Gasteiger partial charge < -0.3 is 0 Å². The maximum Gasteiger partial charge on any atom is 0.235 e. The van der Waals surface area contributed by atoms with Gasteiger partial charge in [-0.05, 0) is 60.9 Å². The molecule has 0 aliphatic carbocycles. The molecule has 2 nitrogen and oxygen atoms in total. The fourth-order valence-corrected chi connectivity index (χ4v) is 4.09. The van der Waals surface area contributed by atoms with E-state index in [2.05, 4.69) is 61.9 Å². The highest BCUT2D eigenvalue weighted by Gasteiger charge is 2.22. The van der Waals surface area contributed by atoms with Crippen molar-refractivity contribution >= 4 is 17.9 Å². The van der Waals surface area contributed by atoms with Crippen LogP contribution in [0.25, 0.3) is 11.1 Å². The Bertz CT molecular complexity index is 789. The predicted octanol–water partition coefficient (Wildman–Crippen LogP) is 6.87. The first-order chi connectivity index (χ1) is 12.7. The van der Waals surface area contributed by atoms with E-state index < -0.39 is 5.41 Å². The Hall–Kier alpha value is -1.74. The van der Waals surface area contributed by atoms with E-state index in [1.807, 2.05) is 20.8 Å². The number of carbonyl (C=O) groups is 1. The first-order valence-corrected chi connectivity index (χ1v) is 10.7. The van der Waals surface area contributed by atoms with Crippen molar-refractivity contribution in [1.82, 2.24) is 4.72 Å². The number of aryl methyl sites for hydroxylation is 2. The highest BCUT2D eigenvalue weighted by atomic mass is 32.2. The molecule has 0 radical (unpaired) electrons. The van der Waals surface area contributed by atoms with Crippen LogP contribution in [0.1, 0.15) is 63.6 Å². The highest BCUT2D eigenvalue weighted by molar-refractivity contribution is 7.98. The van der Waals surface area contributed by atoms with Gasteiger partial charge in [-0.3, -0.25) is 9.52 Å². The van der Waals surface area contributed by atoms with Gasteiger partial charge in [-0.1, -0.05) is 82.5 Å². The van der Waals surface area contributed by atoms with Gasteiger partial charge in [0.25, 0.3) is 0 Å². The molecule has 27 heavy (non-hydrogen) atoms. The predicted molar refractivity (Wildman–Crippen MR) is 118 cm³/mol. The summed E-state index contributed by atoms with van der Waals surface area (Å²) in [5, 5.41) is 0. The molecule has 0 unspecified atom stereocenters. The van der Waals surface area contributed by atoms with Crippen LogP contribution in [0.4, 0.5) is 0 Å². The number of amides is 1. The van der Waals surface area contributed by atoms with Gasteiger partial charge in [0.2, 0.25) is 5.91 Å². The van der Waals surface area contributed by atoms with Crippen LogP contribution in [0, 0.1) is 19.3 Å². The van der Waals surface area contributed by atoms with Crippen molar-refractivity contribution in [3.05, 3.63) is 53.1 Å². The molecule has 1 N–H and O–H groups in total. The summed E-state index contributed by atoms with van der Waals surface area (Å²) in [6.45, 7) is 12.4. The Labute approximate surface area is 169 Å². The molecule has 3 heteroatoms. The second-order valence-electron chi connectivity index (χ2n) is 8.34. The van der Waals surface area contributed by atoms with Crippen LogP contribution >= 0.6 is 11.9 Å². The van der Waals surface area contributed by atoms with Crippen molar-refractivity contribution in [3.63, 3.8) is 0 Å². The third-order valence-corrected chi connectivity index (χ3v) is 5.85. The minimum Gasteiger partial charge on any atom is -0.296 e. The Morgan fingerprint density at radius 2 is 1.81 bits per heavy atom. The molecule has 0 saturated heterocycles. The molecule has 0 fully saturated rings. The number of unbranched alkanes of at least 4 members (excludes halogenated alkanes) is 2. The summed E-state index contributed by atoms with van der Waals surface area (Å²) >= 11 is 1.48. The molecule has 1 amide bonds. The summed E-state index contributed by atoms with van der Waals surface area (Å²) in [6.07, 6.45) is 4.68. The normalized spacial score (nSPS) is 11.5. The Kier molecular flexibility index (Phi) is 7.55. The molecular weight excluding hydrogens is 350 g/mol. The zero-order chi connectivity index (χ0) is 20.0. The molecule has 0 spiro atoms. The molecule has 0 aromatic heterocycles. The molecule has 0 saturated carbocycles. The minimum absolute atomic E-state index is 0.0624. The number of hydrogen-bond acceptors (Lipinski definition) is 2. The third kappa shape index (κ3) is 5.87. The first-order valence-electron chi connectivity index (χ1n) is 9.91. The highest BCUT2D eigenvalue weighted by Crippen LogP contribution is 2.34. The van der Waals surface area contributed by atoms with Crippen LogP contribution in [0.5, 0.6) is 0 Å². The van der Waals surface area contributed by atoms with Gasteiger partial charge in [0.15, 0.2) is 0 Å². The molecule has 0 aliphatic rings. The summed E-state index contributed by atoms with van der Waals surface area (Å²) < 4.78 is 3.08. The molecule has 0 bridgehead atoms. The fourth-order valence-electron chi connectivity index (χ4n) is 3.03. The van der Waals surface area contributed by atoms with Crippen LogP contribution in [-0.4, -0.2) is 5.91 Å². The molecule has 0 aliphatic heterocycles. The molecule has 146 valence electrons. The van der Waals surface area contributed by atoms with Gasteiger partial charge in [-0.15, -0.1) is 0 Å². The van der Waals surface area contributed by atoms with Crippen LogP contribution in [0.15, 0.2) is 41.3 Å². The van der Waals surface area contributed by atoms with E-state index >= 15 is 0 Å². The molecule has 2 aromatic carbocycles. The van der Waals surface area contributed by atoms with Crippen molar-refractivity contribution in [1.29, 1.82) is 0 Å². The second kappa shape index (κ2) is 9.45. The lowest BCUT2D eigenvalue weighted by Crippen LogP contribution is -2.30. The topological polar surface area (TPSA) is 29.1 Å². The van der Waals surface area contributed by atoms with Gasteiger partial charge in [0, 0.05) is 10.3 Å². The van der Waals surface area contributed by atoms with Crippen LogP contribution in [0.2, 0.25) is 0 Å². The fraction of sp³-hybridized carbons (Fsp3) is 0.458. The van der Waals surface area contributed by atoms with E-state index in [4.69, 9.17) is 0 Å². The standard InChI is InChI=1S/C24H33NOS/c1-7-8-9-12-19-14-15-21(20-13-10-11-17(2)16-20)18(3)22(19)27-25-23(26)24(4,5)6/h10-11,13-16H,7-9,12H2,1-6H3,(H,25,26). The van der Waals surface area contributed by atoms with Crippen LogP contribution in [0.3, 0.4) is 0 Å². The first kappa shape index (κ1) is 21.6. The summed E-state index contributed by atoms with van der Waals surface area (Å²) in [7, 11) is 0. The maximum absolute atomic E-state index is 12.4. The maximum atomic E-state index is 12.4. The van der Waals surface area contributed by atoms with Crippen LogP contribution < -0.4 is 4.72 Å². The SMILES string of the molecule is CCCCCc1ccc(-c2cccc(C)c2)c(C)c1SNC(=O)C(C)(C)C. The second-order valence-corrected chi connectivity index (χ2v) is 9.15. The Morgan fingerprint density at radius 3 is 2.44 bits per heavy atom. The van der Waals surface area contributed by atoms with Crippen molar-refractivity contribution in [2.45, 2.75) is 72.1 Å². The molecule has 2 rings (SSSR count). The number of hydrogen-bond donors (Lipinski definition) is 1. The zero-order valence-corrected chi connectivity index (χ0v) is 18.4. The Balaban J connectivity index is 2.38. The summed E-state index contributed by atoms with van der Waals surface area (Å²) in [5.74, 6) is 0.0624. The van der Waals surface area contributed by atoms with Gasteiger partial charge in [0.05, 0.1) is 0 Å². The third-order valence-electron chi connectivity index (χ3n) is 4.79. The van der Waals surface area contributed by atoms with Crippen molar-refractivity contribution in [3.8, 4) is 11.1 Å². The van der Waals surface area contributed by atoms with Gasteiger partial charge >= 0.3 is 0 Å². The monoisotopic (exact) mass is 383 g/mol. The van der Waals surface area contributed by atoms with E-state index in [1.165, 1.54) is 63.9 Å². The van der Waals surface area contributed by atoms with E-state index in [0.717, 1.165) is 6.42 Å². The van der Waals surface area contributed by atoms with Gasteiger partial charge in [-0.2, -0.15) is 0 Å². The van der Waals surface area contributed by atoms with E-state index in [1.54, 1.807) is 0 Å². The number of nitrogens with one attached hydrogen (secondary N) is 1. The summed E-state index contributed by atoms with van der Waals surface area (Å²) in [6, 6.07) is 13.1.